The predicted octanol–water partition coefficient (Wildman–Crippen LogP) is 2.30. The Kier molecular flexibility index (Phi) is 6.46. The monoisotopic (exact) mass is 298 g/mol. The molecule has 0 saturated heterocycles. The van der Waals surface area contributed by atoms with Crippen molar-refractivity contribution in [2.75, 3.05) is 12.0 Å². The van der Waals surface area contributed by atoms with Gasteiger partial charge in [-0.3, -0.25) is 4.79 Å². The van der Waals surface area contributed by atoms with Gasteiger partial charge in [0.1, 0.15) is 0 Å². The summed E-state index contributed by atoms with van der Waals surface area (Å²) in [6, 6.07) is -1.02. The van der Waals surface area contributed by atoms with Crippen LogP contribution in [0.2, 0.25) is 0 Å². The molecule has 0 aliphatic heterocycles. The smallest absolute Gasteiger partial charge is 0.352 e. The topological polar surface area (TPSA) is 55.1 Å². The van der Waals surface area contributed by atoms with Crippen LogP contribution in [0.15, 0.2) is 0 Å². The van der Waals surface area contributed by atoms with Gasteiger partial charge in [-0.25, -0.2) is 0 Å². The van der Waals surface area contributed by atoms with E-state index in [2.05, 4.69) is 5.32 Å². The van der Waals surface area contributed by atoms with Gasteiger partial charge < -0.3 is 11.1 Å². The molecule has 1 amide bonds. The fourth-order valence-corrected chi connectivity index (χ4v) is 2.79. The molecule has 0 bridgehead atoms. The maximum Gasteiger partial charge on any atom is 0.391 e. The lowest BCUT2D eigenvalue weighted by molar-refractivity contribution is -0.184. The molecular weight excluding hydrogens is 277 g/mol. The molecule has 3 atom stereocenters. The van der Waals surface area contributed by atoms with E-state index in [0.717, 1.165) is 5.75 Å². The first-order chi connectivity index (χ1) is 8.84. The largest absolute Gasteiger partial charge is 0.391 e. The fraction of sp³-hybridized carbons (Fsp3) is 0.917. The number of nitrogens with one attached hydrogen (secondary N) is 1. The predicted molar refractivity (Wildman–Crippen MR) is 70.9 cm³/mol. The zero-order valence-corrected chi connectivity index (χ0v) is 11.8. The number of alkyl halides is 3. The number of carbonyl (C=O) groups is 1. The second-order valence-electron chi connectivity index (χ2n) is 5.00. The van der Waals surface area contributed by atoms with E-state index in [-0.39, 0.29) is 18.7 Å². The van der Waals surface area contributed by atoms with Crippen LogP contribution in [-0.4, -0.2) is 36.2 Å². The lowest BCUT2D eigenvalue weighted by Gasteiger charge is -2.31. The van der Waals surface area contributed by atoms with Crippen molar-refractivity contribution in [3.63, 3.8) is 0 Å². The Morgan fingerprint density at radius 2 is 2.16 bits per heavy atom. The van der Waals surface area contributed by atoms with Gasteiger partial charge in [-0.1, -0.05) is 6.42 Å². The van der Waals surface area contributed by atoms with Gasteiger partial charge in [0.2, 0.25) is 5.91 Å². The third-order valence-corrected chi connectivity index (χ3v) is 4.10. The van der Waals surface area contributed by atoms with Gasteiger partial charge in [0, 0.05) is 6.04 Å². The molecule has 3 nitrogen and oxygen atoms in total. The van der Waals surface area contributed by atoms with Crippen molar-refractivity contribution in [1.29, 1.82) is 0 Å². The molecule has 0 aromatic heterocycles. The summed E-state index contributed by atoms with van der Waals surface area (Å²) in [4.78, 5) is 11.7. The molecule has 1 aliphatic rings. The highest BCUT2D eigenvalue weighted by molar-refractivity contribution is 7.98. The van der Waals surface area contributed by atoms with Gasteiger partial charge in [0.15, 0.2) is 0 Å². The lowest BCUT2D eigenvalue weighted by atomic mass is 9.85. The fourth-order valence-electron chi connectivity index (χ4n) is 2.30. The molecule has 3 N–H and O–H groups in total. The summed E-state index contributed by atoms with van der Waals surface area (Å²) in [6.45, 7) is 0. The number of nitrogens with two attached hydrogens (primary N) is 1. The Morgan fingerprint density at radius 3 is 2.74 bits per heavy atom. The summed E-state index contributed by atoms with van der Waals surface area (Å²) >= 11 is 1.59. The Bertz CT molecular complexity index is 299. The zero-order valence-electron chi connectivity index (χ0n) is 11.0. The summed E-state index contributed by atoms with van der Waals surface area (Å²) in [5, 5.41) is 2.66. The van der Waals surface area contributed by atoms with Crippen molar-refractivity contribution in [3.8, 4) is 0 Å². The molecule has 112 valence electrons. The van der Waals surface area contributed by atoms with Crippen LogP contribution in [0.4, 0.5) is 13.2 Å². The maximum atomic E-state index is 12.6. The normalized spacial score (nSPS) is 25.9. The summed E-state index contributed by atoms with van der Waals surface area (Å²) in [7, 11) is 0. The first-order valence-corrected chi connectivity index (χ1v) is 7.85. The van der Waals surface area contributed by atoms with E-state index in [9.17, 15) is 18.0 Å². The Morgan fingerprint density at radius 1 is 1.47 bits per heavy atom. The van der Waals surface area contributed by atoms with Crippen molar-refractivity contribution in [2.24, 2.45) is 11.7 Å². The quantitative estimate of drug-likeness (QED) is 0.819. The van der Waals surface area contributed by atoms with Crippen molar-refractivity contribution in [3.05, 3.63) is 0 Å². The summed E-state index contributed by atoms with van der Waals surface area (Å²) in [6.07, 6.45) is -0.464. The third kappa shape index (κ3) is 5.60. The summed E-state index contributed by atoms with van der Waals surface area (Å²) in [5.74, 6) is -0.861. The SMILES string of the molecule is CSCC[C@H](N)C(=O)NC1CCCC(C(F)(F)F)C1. The van der Waals surface area contributed by atoms with E-state index in [0.29, 0.717) is 19.3 Å². The molecule has 0 radical (unpaired) electrons. The van der Waals surface area contributed by atoms with Gasteiger partial charge in [-0.2, -0.15) is 24.9 Å². The van der Waals surface area contributed by atoms with Gasteiger partial charge in [-0.15, -0.1) is 0 Å². The van der Waals surface area contributed by atoms with Gasteiger partial charge >= 0.3 is 6.18 Å². The highest BCUT2D eigenvalue weighted by Gasteiger charge is 2.42. The Labute approximate surface area is 115 Å². The minimum atomic E-state index is -4.16. The first kappa shape index (κ1) is 16.6. The standard InChI is InChI=1S/C12H21F3N2OS/c1-19-6-5-10(16)11(18)17-9-4-2-3-8(7-9)12(13,14)15/h8-10H,2-7,16H2,1H3,(H,17,18)/t8?,9?,10-/m0/s1. The van der Waals surface area contributed by atoms with Gasteiger partial charge in [-0.05, 0) is 37.7 Å². The van der Waals surface area contributed by atoms with Gasteiger partial charge in [0.25, 0.3) is 0 Å². The molecular formula is C12H21F3N2OS. The minimum absolute atomic E-state index is 0.0233. The molecule has 1 aliphatic carbocycles. The Hall–Kier alpha value is -0.430. The van der Waals surface area contributed by atoms with Gasteiger partial charge in [0.05, 0.1) is 12.0 Å². The molecule has 1 rings (SSSR count). The molecule has 1 saturated carbocycles. The second-order valence-corrected chi connectivity index (χ2v) is 5.98. The van der Waals surface area contributed by atoms with E-state index in [1.807, 2.05) is 6.26 Å². The average molecular weight is 298 g/mol. The van der Waals surface area contributed by atoms with Crippen molar-refractivity contribution in [2.45, 2.75) is 50.4 Å². The lowest BCUT2D eigenvalue weighted by Crippen LogP contribution is -2.48. The number of amides is 1. The molecule has 0 heterocycles. The molecule has 0 aromatic rings. The van der Waals surface area contributed by atoms with Crippen molar-refractivity contribution in [1.82, 2.24) is 5.32 Å². The minimum Gasteiger partial charge on any atom is -0.352 e. The average Bonchev–Trinajstić information content (AvgIpc) is 2.35. The first-order valence-electron chi connectivity index (χ1n) is 6.46. The second kappa shape index (κ2) is 7.38. The van der Waals surface area contributed by atoms with Crippen LogP contribution in [0.5, 0.6) is 0 Å². The van der Waals surface area contributed by atoms with E-state index in [1.165, 1.54) is 0 Å². The van der Waals surface area contributed by atoms with Crippen LogP contribution >= 0.6 is 11.8 Å². The van der Waals surface area contributed by atoms with Crippen LogP contribution in [0.25, 0.3) is 0 Å². The van der Waals surface area contributed by atoms with E-state index < -0.39 is 24.2 Å². The summed E-state index contributed by atoms with van der Waals surface area (Å²) in [5.41, 5.74) is 5.69. The van der Waals surface area contributed by atoms with Crippen LogP contribution in [-0.2, 0) is 4.79 Å². The highest BCUT2D eigenvalue weighted by Crippen LogP contribution is 2.37. The van der Waals surface area contributed by atoms with Crippen molar-refractivity contribution >= 4 is 17.7 Å². The maximum absolute atomic E-state index is 12.6. The van der Waals surface area contributed by atoms with Crippen LogP contribution < -0.4 is 11.1 Å². The zero-order chi connectivity index (χ0) is 14.5. The molecule has 1 fully saturated rings. The van der Waals surface area contributed by atoms with Crippen LogP contribution in [0.1, 0.15) is 32.1 Å². The molecule has 7 heteroatoms. The number of halogens is 3. The van der Waals surface area contributed by atoms with Crippen LogP contribution in [0.3, 0.4) is 0 Å². The number of hydrogen-bond acceptors (Lipinski definition) is 3. The third-order valence-electron chi connectivity index (χ3n) is 3.45. The molecule has 19 heavy (non-hydrogen) atoms. The molecule has 2 unspecified atom stereocenters. The number of hydrogen-bond donors (Lipinski definition) is 2. The number of carbonyl (C=O) groups excluding carboxylic acids is 1. The molecule has 0 aromatic carbocycles. The van der Waals surface area contributed by atoms with E-state index >= 15 is 0 Å². The number of rotatable bonds is 5. The molecule has 0 spiro atoms. The number of thioether (sulfide) groups is 1. The van der Waals surface area contributed by atoms with E-state index in [1.54, 1.807) is 11.8 Å². The highest BCUT2D eigenvalue weighted by atomic mass is 32.2. The van der Waals surface area contributed by atoms with E-state index in [4.69, 9.17) is 5.73 Å². The van der Waals surface area contributed by atoms with Crippen molar-refractivity contribution < 1.29 is 18.0 Å². The summed E-state index contributed by atoms with van der Waals surface area (Å²) < 4.78 is 37.9. The Balaban J connectivity index is 2.42. The van der Waals surface area contributed by atoms with Crippen LogP contribution in [0, 0.1) is 5.92 Å².